The Hall–Kier alpha value is -3.91. The van der Waals surface area contributed by atoms with Gasteiger partial charge in [0.25, 0.3) is 0 Å². The number of ether oxygens (including phenoxy) is 2. The number of aliphatic hydroxyl groups excluding tert-OH is 1. The fourth-order valence-electron chi connectivity index (χ4n) is 3.87. The summed E-state index contributed by atoms with van der Waals surface area (Å²) in [5.74, 6) is -0.00466. The number of nitrogens with zero attached hydrogens (tertiary/aromatic N) is 1. The molecule has 3 aromatic rings. The lowest BCUT2D eigenvalue weighted by Gasteiger charge is -2.32. The van der Waals surface area contributed by atoms with E-state index in [1.807, 2.05) is 6.07 Å². The van der Waals surface area contributed by atoms with Gasteiger partial charge in [-0.05, 0) is 47.4 Å². The summed E-state index contributed by atoms with van der Waals surface area (Å²) in [5.41, 5.74) is 2.01. The van der Waals surface area contributed by atoms with Crippen molar-refractivity contribution in [2.24, 2.45) is 0 Å². The summed E-state index contributed by atoms with van der Waals surface area (Å²) in [6, 6.07) is 19.2. The minimum Gasteiger partial charge on any atom is -0.493 e. The van der Waals surface area contributed by atoms with Gasteiger partial charge in [0, 0.05) is 19.7 Å². The normalized spacial score (nSPS) is 11.4. The Kier molecular flexibility index (Phi) is 9.82. The number of carbonyl (C=O) groups is 2. The lowest BCUT2D eigenvalue weighted by molar-refractivity contribution is -0.141. The van der Waals surface area contributed by atoms with Crippen molar-refractivity contribution in [2.75, 3.05) is 27.4 Å². The van der Waals surface area contributed by atoms with Crippen LogP contribution in [0.25, 0.3) is 0 Å². The van der Waals surface area contributed by atoms with Crippen LogP contribution in [0.5, 0.6) is 11.5 Å². The smallest absolute Gasteiger partial charge is 0.247 e. The van der Waals surface area contributed by atoms with Gasteiger partial charge in [-0.1, -0.05) is 48.5 Å². The summed E-state index contributed by atoms with van der Waals surface area (Å²) in [4.78, 5) is 28.6. The third kappa shape index (κ3) is 7.05. The molecule has 0 aromatic heterocycles. The molecule has 0 heterocycles. The third-order valence-corrected chi connectivity index (χ3v) is 5.70. The van der Waals surface area contributed by atoms with Gasteiger partial charge in [-0.2, -0.15) is 0 Å². The van der Waals surface area contributed by atoms with Gasteiger partial charge in [-0.3, -0.25) is 9.59 Å². The van der Waals surface area contributed by atoms with Crippen LogP contribution in [-0.4, -0.2) is 49.2 Å². The minimum absolute atomic E-state index is 0.00873. The molecule has 0 aliphatic rings. The van der Waals surface area contributed by atoms with Crippen LogP contribution in [0.4, 0.5) is 4.39 Å². The van der Waals surface area contributed by atoms with Crippen LogP contribution >= 0.6 is 0 Å². The van der Waals surface area contributed by atoms with Crippen LogP contribution in [0.3, 0.4) is 0 Å². The van der Waals surface area contributed by atoms with Gasteiger partial charge in [0.1, 0.15) is 11.9 Å². The first-order valence-corrected chi connectivity index (χ1v) is 11.6. The molecule has 0 aliphatic carbocycles. The average molecular weight is 495 g/mol. The van der Waals surface area contributed by atoms with Crippen molar-refractivity contribution >= 4 is 11.8 Å². The summed E-state index contributed by atoms with van der Waals surface area (Å²) < 4.78 is 24.2. The summed E-state index contributed by atoms with van der Waals surface area (Å²) in [5, 5.41) is 11.9. The number of amides is 2. The van der Waals surface area contributed by atoms with Gasteiger partial charge in [0.05, 0.1) is 20.6 Å². The number of nitrogens with one attached hydrogen (secondary N) is 1. The number of hydrogen-bond acceptors (Lipinski definition) is 5. The lowest BCUT2D eigenvalue weighted by atomic mass is 10.0. The molecule has 3 aromatic carbocycles. The molecule has 0 saturated carbocycles. The maximum atomic E-state index is 13.7. The first-order chi connectivity index (χ1) is 17.5. The van der Waals surface area contributed by atoms with Crippen LogP contribution in [0.2, 0.25) is 0 Å². The molecule has 0 aliphatic heterocycles. The summed E-state index contributed by atoms with van der Waals surface area (Å²) >= 11 is 0. The number of methoxy groups -OCH3 is 2. The van der Waals surface area contributed by atoms with Crippen molar-refractivity contribution in [1.29, 1.82) is 0 Å². The van der Waals surface area contributed by atoms with Crippen LogP contribution in [0, 0.1) is 5.82 Å². The van der Waals surface area contributed by atoms with Crippen LogP contribution < -0.4 is 14.8 Å². The van der Waals surface area contributed by atoms with E-state index in [4.69, 9.17) is 14.6 Å². The molecule has 0 saturated heterocycles. The van der Waals surface area contributed by atoms with Crippen molar-refractivity contribution in [3.63, 3.8) is 0 Å². The van der Waals surface area contributed by atoms with Crippen molar-refractivity contribution in [3.05, 3.63) is 95.3 Å². The molecule has 2 N–H and O–H groups in total. The highest BCUT2D eigenvalue weighted by Crippen LogP contribution is 2.29. The molecule has 0 spiro atoms. The van der Waals surface area contributed by atoms with Crippen molar-refractivity contribution in [2.45, 2.75) is 25.4 Å². The first-order valence-electron chi connectivity index (χ1n) is 11.6. The molecule has 8 heteroatoms. The highest BCUT2D eigenvalue weighted by Gasteiger charge is 2.31. The first kappa shape index (κ1) is 26.7. The zero-order valence-corrected chi connectivity index (χ0v) is 20.4. The second-order valence-electron chi connectivity index (χ2n) is 8.20. The number of halogens is 1. The van der Waals surface area contributed by atoms with E-state index >= 15 is 0 Å². The van der Waals surface area contributed by atoms with Gasteiger partial charge in [0.2, 0.25) is 11.8 Å². The number of benzene rings is 3. The van der Waals surface area contributed by atoms with Gasteiger partial charge < -0.3 is 24.8 Å². The average Bonchev–Trinajstić information content (AvgIpc) is 2.90. The fraction of sp³-hybridized carbons (Fsp3) is 0.286. The van der Waals surface area contributed by atoms with Gasteiger partial charge in [-0.25, -0.2) is 4.39 Å². The molecular weight excluding hydrogens is 463 g/mol. The molecule has 190 valence electrons. The van der Waals surface area contributed by atoms with E-state index in [1.165, 1.54) is 31.3 Å². The van der Waals surface area contributed by atoms with Crippen molar-refractivity contribution < 1.29 is 28.6 Å². The molecule has 0 fully saturated rings. The Morgan fingerprint density at radius 2 is 1.61 bits per heavy atom. The lowest BCUT2D eigenvalue weighted by Crippen LogP contribution is -2.44. The van der Waals surface area contributed by atoms with E-state index in [0.29, 0.717) is 34.6 Å². The van der Waals surface area contributed by atoms with E-state index in [0.717, 1.165) is 0 Å². The highest BCUT2D eigenvalue weighted by atomic mass is 19.1. The van der Waals surface area contributed by atoms with Gasteiger partial charge in [-0.15, -0.1) is 0 Å². The Morgan fingerprint density at radius 1 is 0.944 bits per heavy atom. The highest BCUT2D eigenvalue weighted by molar-refractivity contribution is 5.89. The third-order valence-electron chi connectivity index (χ3n) is 5.70. The van der Waals surface area contributed by atoms with E-state index in [2.05, 4.69) is 5.32 Å². The van der Waals surface area contributed by atoms with Crippen LogP contribution in [0.15, 0.2) is 72.8 Å². The second-order valence-corrected chi connectivity index (χ2v) is 8.20. The van der Waals surface area contributed by atoms with Crippen molar-refractivity contribution in [3.8, 4) is 11.5 Å². The molecular formula is C28H31FN2O5. The Balaban J connectivity index is 1.98. The SMILES string of the molecule is COc1ccc(CC(=O)N(Cc2ccc(F)cc2)C(C(=O)NCCCO)c2ccccc2)cc1OC. The van der Waals surface area contributed by atoms with E-state index in [9.17, 15) is 14.0 Å². The maximum absolute atomic E-state index is 13.7. The van der Waals surface area contributed by atoms with Crippen LogP contribution in [0.1, 0.15) is 29.2 Å². The molecule has 2 amide bonds. The second kappa shape index (κ2) is 13.3. The molecule has 1 atom stereocenters. The maximum Gasteiger partial charge on any atom is 0.247 e. The summed E-state index contributed by atoms with van der Waals surface area (Å²) in [6.45, 7) is 0.306. The largest absolute Gasteiger partial charge is 0.493 e. The van der Waals surface area contributed by atoms with Gasteiger partial charge >= 0.3 is 0 Å². The van der Waals surface area contributed by atoms with E-state index in [1.54, 1.807) is 54.6 Å². The topological polar surface area (TPSA) is 88.1 Å². The number of rotatable bonds is 12. The predicted octanol–water partition coefficient (Wildman–Crippen LogP) is 3.65. The number of hydrogen-bond donors (Lipinski definition) is 2. The molecule has 7 nitrogen and oxygen atoms in total. The molecule has 3 rings (SSSR count). The van der Waals surface area contributed by atoms with E-state index < -0.39 is 6.04 Å². The molecule has 1 unspecified atom stereocenters. The monoisotopic (exact) mass is 494 g/mol. The molecule has 0 bridgehead atoms. The Labute approximate surface area is 210 Å². The Bertz CT molecular complexity index is 1140. The fourth-order valence-corrected chi connectivity index (χ4v) is 3.87. The van der Waals surface area contributed by atoms with E-state index in [-0.39, 0.29) is 43.7 Å². The molecule has 36 heavy (non-hydrogen) atoms. The minimum atomic E-state index is -0.928. The zero-order valence-electron chi connectivity index (χ0n) is 20.4. The van der Waals surface area contributed by atoms with Crippen LogP contribution in [-0.2, 0) is 22.6 Å². The summed E-state index contributed by atoms with van der Waals surface area (Å²) in [7, 11) is 3.05. The van der Waals surface area contributed by atoms with Gasteiger partial charge in [0.15, 0.2) is 11.5 Å². The zero-order chi connectivity index (χ0) is 25.9. The van der Waals surface area contributed by atoms with Crippen molar-refractivity contribution in [1.82, 2.24) is 10.2 Å². The Morgan fingerprint density at radius 3 is 2.25 bits per heavy atom. The number of aliphatic hydroxyl groups is 1. The number of carbonyl (C=O) groups excluding carboxylic acids is 2. The quantitative estimate of drug-likeness (QED) is 0.375. The molecule has 0 radical (unpaired) electrons. The predicted molar refractivity (Wildman–Crippen MR) is 134 cm³/mol. The standard InChI is InChI=1S/C28H31FN2O5/c1-35-24-14-11-21(17-25(24)36-2)18-26(33)31(19-20-9-12-23(29)13-10-20)27(22-7-4-3-5-8-22)28(34)30-15-6-16-32/h3-5,7-14,17,27,32H,6,15-16,18-19H2,1-2H3,(H,30,34). The summed E-state index contributed by atoms with van der Waals surface area (Å²) in [6.07, 6.45) is 0.402.